The van der Waals surface area contributed by atoms with Crippen molar-refractivity contribution in [1.29, 1.82) is 0 Å². The largest absolute Gasteiger partial charge is 0.494 e. The number of hydrogen-bond acceptors (Lipinski definition) is 6. The summed E-state index contributed by atoms with van der Waals surface area (Å²) < 4.78 is 7.40. The Hall–Kier alpha value is -2.61. The molecule has 2 aromatic heterocycles. The third-order valence-electron chi connectivity index (χ3n) is 5.16. The van der Waals surface area contributed by atoms with Crippen LogP contribution in [0.3, 0.4) is 0 Å². The smallest absolute Gasteiger partial charge is 0.330 e. The number of aromatic nitrogens is 4. The van der Waals surface area contributed by atoms with Crippen LogP contribution >= 0.6 is 11.8 Å². The first kappa shape index (κ1) is 18.4. The molecule has 1 N–H and O–H groups in total. The van der Waals surface area contributed by atoms with Crippen molar-refractivity contribution in [3.63, 3.8) is 0 Å². The van der Waals surface area contributed by atoms with Gasteiger partial charge in [-0.1, -0.05) is 18.2 Å². The van der Waals surface area contributed by atoms with E-state index in [9.17, 15) is 9.59 Å². The lowest BCUT2D eigenvalue weighted by Gasteiger charge is -2.12. The number of H-pyrrole nitrogens is 1. The third kappa shape index (κ3) is 3.94. The zero-order valence-electron chi connectivity index (χ0n) is 16.0. The lowest BCUT2D eigenvalue weighted by Crippen LogP contribution is -2.31. The molecule has 1 aromatic carbocycles. The molecule has 5 rings (SSSR count). The average Bonchev–Trinajstić information content (AvgIpc) is 3.61. The van der Waals surface area contributed by atoms with Crippen LogP contribution in [0.1, 0.15) is 49.9 Å². The first-order valence-corrected chi connectivity index (χ1v) is 11.1. The van der Waals surface area contributed by atoms with E-state index in [0.29, 0.717) is 28.6 Å². The number of fused-ring (bicyclic) bond motifs is 1. The molecule has 0 amide bonds. The van der Waals surface area contributed by atoms with Gasteiger partial charge in [-0.05, 0) is 44.2 Å². The van der Waals surface area contributed by atoms with E-state index in [1.807, 2.05) is 30.3 Å². The zero-order chi connectivity index (χ0) is 19.8. The standard InChI is InChI=1S/C21H22N4O3S/c26-19-16-18(25(14-9-10-14)21(27)24-19)22-17(13-7-8-13)23-20(16)29-12-4-11-28-15-5-2-1-3-6-15/h1-3,5-6,13-14H,4,7-12H2,(H,24,26,27). The first-order valence-electron chi connectivity index (χ1n) is 10.1. The molecule has 150 valence electrons. The number of rotatable bonds is 8. The monoisotopic (exact) mass is 410 g/mol. The molecule has 2 fully saturated rings. The summed E-state index contributed by atoms with van der Waals surface area (Å²) in [5, 5.41) is 1.11. The molecule has 0 unspecified atom stereocenters. The van der Waals surface area contributed by atoms with E-state index in [0.717, 1.165) is 49.4 Å². The van der Waals surface area contributed by atoms with Crippen molar-refractivity contribution in [3.05, 3.63) is 57.0 Å². The minimum absolute atomic E-state index is 0.140. The number of ether oxygens (including phenoxy) is 1. The van der Waals surface area contributed by atoms with E-state index >= 15 is 0 Å². The van der Waals surface area contributed by atoms with Crippen molar-refractivity contribution in [2.45, 2.75) is 49.1 Å². The predicted octanol–water partition coefficient (Wildman–Crippen LogP) is 3.25. The number of aromatic amines is 1. The van der Waals surface area contributed by atoms with Gasteiger partial charge in [0.25, 0.3) is 5.56 Å². The number of benzene rings is 1. The van der Waals surface area contributed by atoms with Crippen LogP contribution in [0, 0.1) is 0 Å². The summed E-state index contributed by atoms with van der Waals surface area (Å²) in [5.74, 6) is 2.73. The number of thioether (sulfide) groups is 1. The zero-order valence-corrected chi connectivity index (χ0v) is 16.8. The maximum atomic E-state index is 12.6. The Morgan fingerprint density at radius 1 is 1.10 bits per heavy atom. The fraction of sp³-hybridized carbons (Fsp3) is 0.429. The van der Waals surface area contributed by atoms with E-state index in [1.54, 1.807) is 4.57 Å². The Bertz CT molecular complexity index is 1150. The van der Waals surface area contributed by atoms with Crippen LogP contribution in [0.4, 0.5) is 0 Å². The maximum Gasteiger partial charge on any atom is 0.330 e. The van der Waals surface area contributed by atoms with Crippen LogP contribution in [0.5, 0.6) is 5.75 Å². The molecule has 0 bridgehead atoms. The summed E-state index contributed by atoms with van der Waals surface area (Å²) in [6.45, 7) is 0.596. The van der Waals surface area contributed by atoms with Crippen molar-refractivity contribution in [3.8, 4) is 5.75 Å². The fourth-order valence-electron chi connectivity index (χ4n) is 3.37. The maximum absolute atomic E-state index is 12.6. The van der Waals surface area contributed by atoms with Crippen molar-refractivity contribution in [1.82, 2.24) is 19.5 Å². The van der Waals surface area contributed by atoms with Crippen molar-refractivity contribution in [2.24, 2.45) is 0 Å². The highest BCUT2D eigenvalue weighted by molar-refractivity contribution is 7.99. The van der Waals surface area contributed by atoms with Gasteiger partial charge in [0, 0.05) is 17.7 Å². The van der Waals surface area contributed by atoms with Gasteiger partial charge < -0.3 is 4.74 Å². The van der Waals surface area contributed by atoms with Gasteiger partial charge >= 0.3 is 5.69 Å². The molecular formula is C21H22N4O3S. The molecule has 2 saturated carbocycles. The average molecular weight is 410 g/mol. The van der Waals surface area contributed by atoms with E-state index in [4.69, 9.17) is 9.72 Å². The van der Waals surface area contributed by atoms with E-state index in [1.165, 1.54) is 11.8 Å². The number of nitrogens with zero attached hydrogens (tertiary/aromatic N) is 3. The number of nitrogens with one attached hydrogen (secondary N) is 1. The normalized spacial score (nSPS) is 16.3. The Balaban J connectivity index is 1.39. The first-order chi connectivity index (χ1) is 14.2. The van der Waals surface area contributed by atoms with Crippen molar-refractivity contribution < 1.29 is 4.74 Å². The van der Waals surface area contributed by atoms with E-state index in [2.05, 4.69) is 9.97 Å². The molecule has 0 aliphatic heterocycles. The van der Waals surface area contributed by atoms with Crippen LogP contribution in [0.2, 0.25) is 0 Å². The summed E-state index contributed by atoms with van der Waals surface area (Å²) in [4.78, 5) is 36.8. The highest BCUT2D eigenvalue weighted by atomic mass is 32.2. The fourth-order valence-corrected chi connectivity index (χ4v) is 4.31. The Morgan fingerprint density at radius 3 is 2.62 bits per heavy atom. The van der Waals surface area contributed by atoms with Gasteiger partial charge in [-0.15, -0.1) is 11.8 Å². The highest BCUT2D eigenvalue weighted by Crippen LogP contribution is 2.40. The molecule has 0 saturated heterocycles. The lowest BCUT2D eigenvalue weighted by molar-refractivity contribution is 0.318. The molecule has 7 nitrogen and oxygen atoms in total. The van der Waals surface area contributed by atoms with E-state index in [-0.39, 0.29) is 11.7 Å². The number of para-hydroxylation sites is 1. The lowest BCUT2D eigenvalue weighted by atomic mass is 10.3. The van der Waals surface area contributed by atoms with Crippen LogP contribution in [-0.4, -0.2) is 31.9 Å². The summed E-state index contributed by atoms with van der Waals surface area (Å²) in [6, 6.07) is 9.86. The Kier molecular flexibility index (Phi) is 4.87. The molecule has 8 heteroatoms. The molecule has 2 aliphatic rings. The minimum atomic E-state index is -0.396. The van der Waals surface area contributed by atoms with Gasteiger partial charge in [-0.2, -0.15) is 0 Å². The molecule has 0 atom stereocenters. The Labute approximate surface area is 171 Å². The second kappa shape index (κ2) is 7.67. The molecule has 3 aromatic rings. The van der Waals surface area contributed by atoms with Crippen molar-refractivity contribution >= 4 is 22.8 Å². The van der Waals surface area contributed by atoms with E-state index < -0.39 is 5.56 Å². The van der Waals surface area contributed by atoms with Crippen LogP contribution in [-0.2, 0) is 0 Å². The second-order valence-corrected chi connectivity index (χ2v) is 8.67. The SMILES string of the molecule is O=c1[nH]c(=O)n(C2CC2)c2nc(C3CC3)nc(SCCCOc3ccccc3)c12. The van der Waals surface area contributed by atoms with Gasteiger partial charge in [0.15, 0.2) is 5.65 Å². The molecule has 0 spiro atoms. The van der Waals surface area contributed by atoms with Crippen LogP contribution in [0.15, 0.2) is 44.9 Å². The molecule has 2 heterocycles. The van der Waals surface area contributed by atoms with Gasteiger partial charge in [-0.3, -0.25) is 14.3 Å². The van der Waals surface area contributed by atoms with Gasteiger partial charge in [0.1, 0.15) is 22.0 Å². The number of hydrogen-bond donors (Lipinski definition) is 1. The summed E-state index contributed by atoms with van der Waals surface area (Å²) in [5.41, 5.74) is -0.258. The van der Waals surface area contributed by atoms with Gasteiger partial charge in [-0.25, -0.2) is 14.8 Å². The minimum Gasteiger partial charge on any atom is -0.494 e. The van der Waals surface area contributed by atoms with Crippen LogP contribution in [0.25, 0.3) is 11.0 Å². The predicted molar refractivity (Wildman–Crippen MR) is 112 cm³/mol. The summed E-state index contributed by atoms with van der Waals surface area (Å²) >= 11 is 1.54. The second-order valence-electron chi connectivity index (χ2n) is 7.58. The van der Waals surface area contributed by atoms with Gasteiger partial charge in [0.2, 0.25) is 0 Å². The van der Waals surface area contributed by atoms with Crippen LogP contribution < -0.4 is 16.0 Å². The highest BCUT2D eigenvalue weighted by Gasteiger charge is 2.32. The summed E-state index contributed by atoms with van der Waals surface area (Å²) in [6.07, 6.45) is 4.85. The molecule has 2 aliphatic carbocycles. The molecule has 29 heavy (non-hydrogen) atoms. The quantitative estimate of drug-likeness (QED) is 0.348. The molecular weight excluding hydrogens is 388 g/mol. The summed E-state index contributed by atoms with van der Waals surface area (Å²) in [7, 11) is 0. The Morgan fingerprint density at radius 2 is 1.90 bits per heavy atom. The third-order valence-corrected chi connectivity index (χ3v) is 6.22. The van der Waals surface area contributed by atoms with Gasteiger partial charge in [0.05, 0.1) is 6.61 Å². The topological polar surface area (TPSA) is 89.9 Å². The van der Waals surface area contributed by atoms with Crippen molar-refractivity contribution in [2.75, 3.05) is 12.4 Å². The molecule has 0 radical (unpaired) electrons.